The van der Waals surface area contributed by atoms with Crippen molar-refractivity contribution in [2.75, 3.05) is 37.2 Å². The molecule has 0 radical (unpaired) electrons. The molecule has 1 atom stereocenters. The van der Waals surface area contributed by atoms with Gasteiger partial charge in [-0.1, -0.05) is 6.07 Å². The van der Waals surface area contributed by atoms with Gasteiger partial charge in [0.15, 0.2) is 5.13 Å². The molecule has 2 heterocycles. The normalized spacial score (nSPS) is 16.7. The smallest absolute Gasteiger partial charge is 0.241 e. The van der Waals surface area contributed by atoms with Crippen molar-refractivity contribution < 1.29 is 9.18 Å². The number of nitrogen functional groups attached to an aromatic ring is 1. The highest BCUT2D eigenvalue weighted by atomic mass is 35.5. The topological polar surface area (TPSA) is 74.5 Å². The van der Waals surface area contributed by atoms with Crippen LogP contribution in [0.25, 0.3) is 0 Å². The number of nitrogens with two attached hydrogens (primary N) is 1. The number of hydrogen-bond donors (Lipinski definition) is 2. The molecule has 142 valence electrons. The Morgan fingerprint density at radius 3 is 2.73 bits per heavy atom. The number of nitrogens with zero attached hydrogens (tertiary/aromatic N) is 3. The van der Waals surface area contributed by atoms with Crippen molar-refractivity contribution in [1.29, 1.82) is 0 Å². The molecule has 1 aliphatic heterocycles. The molecule has 0 aliphatic carbocycles. The highest BCUT2D eigenvalue weighted by Crippen LogP contribution is 2.18. The van der Waals surface area contributed by atoms with Gasteiger partial charge in [0, 0.05) is 49.5 Å². The molecule has 1 saturated heterocycles. The first kappa shape index (κ1) is 20.6. The lowest BCUT2D eigenvalue weighted by molar-refractivity contribution is -0.121. The average Bonchev–Trinajstić information content (AvgIpc) is 3.00. The summed E-state index contributed by atoms with van der Waals surface area (Å²) >= 11 is 1.51. The fourth-order valence-electron chi connectivity index (χ4n) is 2.90. The van der Waals surface area contributed by atoms with E-state index >= 15 is 0 Å². The second kappa shape index (κ2) is 9.27. The quantitative estimate of drug-likeness (QED) is 0.807. The standard InChI is InChI=1S/C17H22FN5OS.ClH/c1-12(16(24)21-14-4-2-3-13(18)9-14)23-7-5-22(6-8-23)11-15-10-20-17(19)25-15;/h2-4,9-10,12H,5-8,11H2,1H3,(H2,19,20)(H,21,24);1H. The molecular weight excluding hydrogens is 377 g/mol. The number of benzene rings is 1. The number of carbonyl (C=O) groups excluding carboxylic acids is 1. The van der Waals surface area contributed by atoms with Gasteiger partial charge in [-0.3, -0.25) is 14.6 Å². The van der Waals surface area contributed by atoms with Crippen molar-refractivity contribution in [2.45, 2.75) is 19.5 Å². The summed E-state index contributed by atoms with van der Waals surface area (Å²) in [5.41, 5.74) is 6.15. The average molecular weight is 400 g/mol. The summed E-state index contributed by atoms with van der Waals surface area (Å²) in [7, 11) is 0. The number of carbonyl (C=O) groups is 1. The molecule has 3 N–H and O–H groups in total. The molecule has 1 amide bonds. The van der Waals surface area contributed by atoms with E-state index in [2.05, 4.69) is 20.1 Å². The number of nitrogens with one attached hydrogen (secondary N) is 1. The van der Waals surface area contributed by atoms with Crippen molar-refractivity contribution in [3.63, 3.8) is 0 Å². The van der Waals surface area contributed by atoms with E-state index in [4.69, 9.17) is 5.73 Å². The Kier molecular flexibility index (Phi) is 7.33. The largest absolute Gasteiger partial charge is 0.375 e. The van der Waals surface area contributed by atoms with E-state index in [1.54, 1.807) is 12.1 Å². The number of amides is 1. The van der Waals surface area contributed by atoms with Crippen LogP contribution in [0.5, 0.6) is 0 Å². The van der Waals surface area contributed by atoms with E-state index in [1.807, 2.05) is 13.1 Å². The fraction of sp³-hybridized carbons (Fsp3) is 0.412. The number of thiazole rings is 1. The number of hydrogen-bond acceptors (Lipinski definition) is 6. The third-order valence-electron chi connectivity index (χ3n) is 4.38. The SMILES string of the molecule is CC(C(=O)Nc1cccc(F)c1)N1CCN(Cc2cnc(N)s2)CC1.Cl. The van der Waals surface area contributed by atoms with Crippen molar-refractivity contribution >= 4 is 40.5 Å². The molecule has 0 spiro atoms. The molecule has 1 unspecified atom stereocenters. The van der Waals surface area contributed by atoms with Gasteiger partial charge < -0.3 is 11.1 Å². The molecular formula is C17H23ClFN5OS. The summed E-state index contributed by atoms with van der Waals surface area (Å²) in [5, 5.41) is 3.37. The van der Waals surface area contributed by atoms with Crippen LogP contribution in [-0.4, -0.2) is 52.9 Å². The zero-order valence-corrected chi connectivity index (χ0v) is 16.2. The molecule has 2 aromatic rings. The van der Waals surface area contributed by atoms with Crippen molar-refractivity contribution in [2.24, 2.45) is 0 Å². The lowest BCUT2D eigenvalue weighted by Crippen LogP contribution is -2.52. The van der Waals surface area contributed by atoms with Gasteiger partial charge in [0.25, 0.3) is 0 Å². The monoisotopic (exact) mass is 399 g/mol. The first-order valence-electron chi connectivity index (χ1n) is 8.24. The van der Waals surface area contributed by atoms with Gasteiger partial charge in [-0.05, 0) is 25.1 Å². The van der Waals surface area contributed by atoms with Crippen LogP contribution in [0.1, 0.15) is 11.8 Å². The molecule has 26 heavy (non-hydrogen) atoms. The van der Waals surface area contributed by atoms with Crippen LogP contribution in [0.4, 0.5) is 15.2 Å². The van der Waals surface area contributed by atoms with Crippen LogP contribution >= 0.6 is 23.7 Å². The first-order chi connectivity index (χ1) is 12.0. The predicted octanol–water partition coefficient (Wildman–Crippen LogP) is 2.43. The second-order valence-electron chi connectivity index (χ2n) is 6.15. The van der Waals surface area contributed by atoms with Crippen LogP contribution < -0.4 is 11.1 Å². The van der Waals surface area contributed by atoms with Crippen molar-refractivity contribution in [1.82, 2.24) is 14.8 Å². The van der Waals surface area contributed by atoms with Gasteiger partial charge >= 0.3 is 0 Å². The van der Waals surface area contributed by atoms with Crippen LogP contribution in [0.15, 0.2) is 30.5 Å². The van der Waals surface area contributed by atoms with Gasteiger partial charge in [0.1, 0.15) is 5.82 Å². The molecule has 0 saturated carbocycles. The Hall–Kier alpha value is -1.74. The third-order valence-corrected chi connectivity index (χ3v) is 5.19. The molecule has 1 fully saturated rings. The minimum atomic E-state index is -0.359. The maximum absolute atomic E-state index is 13.2. The summed E-state index contributed by atoms with van der Waals surface area (Å²) in [6.07, 6.45) is 1.82. The summed E-state index contributed by atoms with van der Waals surface area (Å²) < 4.78 is 13.2. The van der Waals surface area contributed by atoms with E-state index in [-0.39, 0.29) is 30.2 Å². The van der Waals surface area contributed by atoms with Crippen LogP contribution in [0.3, 0.4) is 0 Å². The lowest BCUT2D eigenvalue weighted by atomic mass is 10.2. The molecule has 3 rings (SSSR count). The van der Waals surface area contributed by atoms with Crippen molar-refractivity contribution in [3.8, 4) is 0 Å². The Morgan fingerprint density at radius 1 is 1.38 bits per heavy atom. The van der Waals surface area contributed by atoms with E-state index in [9.17, 15) is 9.18 Å². The Bertz CT molecular complexity index is 735. The number of piperazine rings is 1. The van der Waals surface area contributed by atoms with E-state index in [0.717, 1.165) is 37.6 Å². The highest BCUT2D eigenvalue weighted by Gasteiger charge is 2.25. The summed E-state index contributed by atoms with van der Waals surface area (Å²) in [4.78, 5) is 22.1. The molecule has 1 aromatic heterocycles. The predicted molar refractivity (Wildman–Crippen MR) is 105 cm³/mol. The fourth-order valence-corrected chi connectivity index (χ4v) is 3.63. The van der Waals surface area contributed by atoms with Gasteiger partial charge in [-0.25, -0.2) is 9.37 Å². The Balaban J connectivity index is 0.00000243. The summed E-state index contributed by atoms with van der Waals surface area (Å²) in [5.74, 6) is -0.475. The number of anilines is 2. The third kappa shape index (κ3) is 5.38. The van der Waals surface area contributed by atoms with Crippen LogP contribution in [0.2, 0.25) is 0 Å². The minimum Gasteiger partial charge on any atom is -0.375 e. The second-order valence-corrected chi connectivity index (χ2v) is 7.30. The molecule has 0 bridgehead atoms. The van der Waals surface area contributed by atoms with E-state index in [0.29, 0.717) is 10.8 Å². The first-order valence-corrected chi connectivity index (χ1v) is 9.06. The maximum atomic E-state index is 13.2. The van der Waals surface area contributed by atoms with E-state index < -0.39 is 0 Å². The van der Waals surface area contributed by atoms with Crippen molar-refractivity contribution in [3.05, 3.63) is 41.2 Å². The number of aromatic nitrogens is 1. The lowest BCUT2D eigenvalue weighted by Gasteiger charge is -2.37. The zero-order valence-electron chi connectivity index (χ0n) is 14.5. The van der Waals surface area contributed by atoms with Crippen LogP contribution in [-0.2, 0) is 11.3 Å². The van der Waals surface area contributed by atoms with Crippen LogP contribution in [0, 0.1) is 5.82 Å². The highest BCUT2D eigenvalue weighted by molar-refractivity contribution is 7.15. The van der Waals surface area contributed by atoms with Gasteiger partial charge in [0.05, 0.1) is 6.04 Å². The maximum Gasteiger partial charge on any atom is 0.241 e. The van der Waals surface area contributed by atoms with Gasteiger partial charge in [0.2, 0.25) is 5.91 Å². The molecule has 9 heteroatoms. The number of rotatable bonds is 5. The molecule has 1 aliphatic rings. The Labute approximate surface area is 162 Å². The Morgan fingerprint density at radius 2 is 2.12 bits per heavy atom. The van der Waals surface area contributed by atoms with Gasteiger partial charge in [-0.2, -0.15) is 0 Å². The minimum absolute atomic E-state index is 0. The molecule has 1 aromatic carbocycles. The van der Waals surface area contributed by atoms with Gasteiger partial charge in [-0.15, -0.1) is 23.7 Å². The van der Waals surface area contributed by atoms with E-state index in [1.165, 1.54) is 23.5 Å². The molecule has 6 nitrogen and oxygen atoms in total. The number of halogens is 2. The summed E-state index contributed by atoms with van der Waals surface area (Å²) in [6, 6.07) is 5.69. The zero-order chi connectivity index (χ0) is 17.8. The summed E-state index contributed by atoms with van der Waals surface area (Å²) in [6.45, 7) is 6.11.